The molecular formula is C6H9F3O2. The van der Waals surface area contributed by atoms with Crippen LogP contribution in [0.25, 0.3) is 0 Å². The van der Waals surface area contributed by atoms with Gasteiger partial charge in [0.15, 0.2) is 0 Å². The number of aliphatic hydroxyl groups is 2. The van der Waals surface area contributed by atoms with Gasteiger partial charge in [0.1, 0.15) is 0 Å². The predicted octanol–water partition coefficient (Wildman–Crippen LogP) is 0.681. The van der Waals surface area contributed by atoms with Gasteiger partial charge in [0.05, 0.1) is 18.1 Å². The topological polar surface area (TPSA) is 40.5 Å². The molecule has 5 heteroatoms. The van der Waals surface area contributed by atoms with Crippen molar-refractivity contribution in [3.05, 3.63) is 0 Å². The standard InChI is InChI=1S/C6H9F3O2/c7-6(8,9)3-1-4(10)5(11)2-3/h3-5,10-11H,1-2H2. The second kappa shape index (κ2) is 2.64. The minimum atomic E-state index is -4.28. The zero-order valence-corrected chi connectivity index (χ0v) is 5.67. The van der Waals surface area contributed by atoms with E-state index in [1.807, 2.05) is 0 Å². The lowest BCUT2D eigenvalue weighted by Gasteiger charge is -2.12. The van der Waals surface area contributed by atoms with E-state index in [0.717, 1.165) is 0 Å². The van der Waals surface area contributed by atoms with Crippen molar-refractivity contribution in [2.24, 2.45) is 5.92 Å². The Morgan fingerprint density at radius 2 is 1.36 bits per heavy atom. The van der Waals surface area contributed by atoms with E-state index in [0.29, 0.717) is 0 Å². The molecule has 2 N–H and O–H groups in total. The van der Waals surface area contributed by atoms with Crippen LogP contribution >= 0.6 is 0 Å². The van der Waals surface area contributed by atoms with Crippen molar-refractivity contribution in [2.45, 2.75) is 31.2 Å². The third kappa shape index (κ3) is 1.84. The molecule has 66 valence electrons. The molecule has 0 aromatic heterocycles. The van der Waals surface area contributed by atoms with Gasteiger partial charge in [-0.3, -0.25) is 0 Å². The minimum absolute atomic E-state index is 0.370. The molecule has 1 rings (SSSR count). The number of rotatable bonds is 0. The van der Waals surface area contributed by atoms with Crippen LogP contribution in [0.1, 0.15) is 12.8 Å². The molecule has 0 spiro atoms. The molecule has 1 fully saturated rings. The molecule has 11 heavy (non-hydrogen) atoms. The van der Waals surface area contributed by atoms with Gasteiger partial charge in [-0.15, -0.1) is 0 Å². The Hall–Kier alpha value is -0.290. The quantitative estimate of drug-likeness (QED) is 0.561. The fourth-order valence-corrected chi connectivity index (χ4v) is 1.26. The van der Waals surface area contributed by atoms with E-state index >= 15 is 0 Å². The molecular weight excluding hydrogens is 161 g/mol. The first-order valence-electron chi connectivity index (χ1n) is 3.34. The molecule has 2 atom stereocenters. The Labute approximate surface area is 61.6 Å². The summed E-state index contributed by atoms with van der Waals surface area (Å²) in [6.07, 6.45) is -7.43. The summed E-state index contributed by atoms with van der Waals surface area (Å²) < 4.78 is 35.7. The number of hydrogen-bond donors (Lipinski definition) is 2. The van der Waals surface area contributed by atoms with E-state index in [1.165, 1.54) is 0 Å². The van der Waals surface area contributed by atoms with Crippen molar-refractivity contribution in [3.8, 4) is 0 Å². The average molecular weight is 170 g/mol. The summed E-state index contributed by atoms with van der Waals surface area (Å²) >= 11 is 0. The maximum atomic E-state index is 11.9. The summed E-state index contributed by atoms with van der Waals surface area (Å²) in [5.41, 5.74) is 0. The largest absolute Gasteiger partial charge is 0.392 e. The molecule has 1 aliphatic carbocycles. The lowest BCUT2D eigenvalue weighted by atomic mass is 10.1. The Kier molecular flexibility index (Phi) is 2.11. The SMILES string of the molecule is OC1CC(C(F)(F)F)CC1O. The first kappa shape index (κ1) is 8.80. The Morgan fingerprint density at radius 3 is 1.55 bits per heavy atom. The van der Waals surface area contributed by atoms with Crippen LogP contribution in [0.4, 0.5) is 13.2 Å². The van der Waals surface area contributed by atoms with Crippen molar-refractivity contribution < 1.29 is 23.4 Å². The summed E-state index contributed by atoms with van der Waals surface area (Å²) in [6, 6.07) is 0. The van der Waals surface area contributed by atoms with E-state index in [2.05, 4.69) is 0 Å². The van der Waals surface area contributed by atoms with E-state index in [4.69, 9.17) is 10.2 Å². The van der Waals surface area contributed by atoms with Gasteiger partial charge >= 0.3 is 6.18 Å². The highest BCUT2D eigenvalue weighted by atomic mass is 19.4. The lowest BCUT2D eigenvalue weighted by Crippen LogP contribution is -2.20. The molecule has 0 bridgehead atoms. The van der Waals surface area contributed by atoms with Gasteiger partial charge in [-0.25, -0.2) is 0 Å². The number of halogens is 3. The van der Waals surface area contributed by atoms with Gasteiger partial charge in [-0.2, -0.15) is 13.2 Å². The second-order valence-electron chi connectivity index (χ2n) is 2.84. The monoisotopic (exact) mass is 170 g/mol. The summed E-state index contributed by atoms with van der Waals surface area (Å²) in [5.74, 6) is -1.53. The van der Waals surface area contributed by atoms with E-state index in [-0.39, 0.29) is 12.8 Å². The molecule has 1 saturated carbocycles. The van der Waals surface area contributed by atoms with Crippen molar-refractivity contribution in [1.29, 1.82) is 0 Å². The van der Waals surface area contributed by atoms with Crippen molar-refractivity contribution in [3.63, 3.8) is 0 Å². The fraction of sp³-hybridized carbons (Fsp3) is 1.00. The van der Waals surface area contributed by atoms with Crippen LogP contribution in [-0.2, 0) is 0 Å². The molecule has 1 aliphatic rings. The molecule has 0 heterocycles. The van der Waals surface area contributed by atoms with Crippen LogP contribution in [0.2, 0.25) is 0 Å². The van der Waals surface area contributed by atoms with Crippen LogP contribution < -0.4 is 0 Å². The first-order chi connectivity index (χ1) is 4.91. The summed E-state index contributed by atoms with van der Waals surface area (Å²) in [6.45, 7) is 0. The van der Waals surface area contributed by atoms with Gasteiger partial charge in [0.25, 0.3) is 0 Å². The van der Waals surface area contributed by atoms with E-state index < -0.39 is 24.3 Å². The van der Waals surface area contributed by atoms with Gasteiger partial charge in [0, 0.05) is 0 Å². The van der Waals surface area contributed by atoms with Gasteiger partial charge in [0.2, 0.25) is 0 Å². The van der Waals surface area contributed by atoms with Crippen LogP contribution in [0.3, 0.4) is 0 Å². The van der Waals surface area contributed by atoms with Crippen molar-refractivity contribution in [2.75, 3.05) is 0 Å². The zero-order valence-electron chi connectivity index (χ0n) is 5.67. The highest BCUT2D eigenvalue weighted by Gasteiger charge is 2.47. The number of alkyl halides is 3. The fourth-order valence-electron chi connectivity index (χ4n) is 1.26. The maximum Gasteiger partial charge on any atom is 0.392 e. The average Bonchev–Trinajstić information content (AvgIpc) is 2.11. The summed E-state index contributed by atoms with van der Waals surface area (Å²) in [7, 11) is 0. The van der Waals surface area contributed by atoms with Gasteiger partial charge in [-0.05, 0) is 12.8 Å². The zero-order chi connectivity index (χ0) is 8.65. The smallest absolute Gasteiger partial charge is 0.390 e. The molecule has 0 saturated heterocycles. The van der Waals surface area contributed by atoms with Gasteiger partial charge in [-0.1, -0.05) is 0 Å². The number of aliphatic hydroxyl groups excluding tert-OH is 2. The van der Waals surface area contributed by atoms with Crippen molar-refractivity contribution in [1.82, 2.24) is 0 Å². The lowest BCUT2D eigenvalue weighted by molar-refractivity contribution is -0.174. The molecule has 0 aromatic rings. The molecule has 2 nitrogen and oxygen atoms in total. The summed E-state index contributed by atoms with van der Waals surface area (Å²) in [4.78, 5) is 0. The van der Waals surface area contributed by atoms with E-state index in [9.17, 15) is 13.2 Å². The summed E-state index contributed by atoms with van der Waals surface area (Å²) in [5, 5.41) is 17.6. The Balaban J connectivity index is 2.54. The number of hydrogen-bond acceptors (Lipinski definition) is 2. The first-order valence-corrected chi connectivity index (χ1v) is 3.34. The molecule has 0 amide bonds. The highest BCUT2D eigenvalue weighted by Crippen LogP contribution is 2.38. The molecule has 0 aliphatic heterocycles. The molecule has 0 aromatic carbocycles. The van der Waals surface area contributed by atoms with E-state index in [1.54, 1.807) is 0 Å². The molecule has 2 unspecified atom stereocenters. The maximum absolute atomic E-state index is 11.9. The minimum Gasteiger partial charge on any atom is -0.390 e. The van der Waals surface area contributed by atoms with Crippen molar-refractivity contribution >= 4 is 0 Å². The Bertz CT molecular complexity index is 135. The third-order valence-electron chi connectivity index (χ3n) is 1.96. The second-order valence-corrected chi connectivity index (χ2v) is 2.84. The van der Waals surface area contributed by atoms with Crippen LogP contribution in [0.5, 0.6) is 0 Å². The Morgan fingerprint density at radius 1 is 1.00 bits per heavy atom. The van der Waals surface area contributed by atoms with Crippen LogP contribution in [0, 0.1) is 5.92 Å². The highest BCUT2D eigenvalue weighted by molar-refractivity contribution is 4.86. The normalized spacial score (nSPS) is 39.5. The molecule has 0 radical (unpaired) electrons. The predicted molar refractivity (Wildman–Crippen MR) is 30.8 cm³/mol. The van der Waals surface area contributed by atoms with Crippen LogP contribution in [-0.4, -0.2) is 28.6 Å². The van der Waals surface area contributed by atoms with Crippen LogP contribution in [0.15, 0.2) is 0 Å². The van der Waals surface area contributed by atoms with Gasteiger partial charge < -0.3 is 10.2 Å². The third-order valence-corrected chi connectivity index (χ3v) is 1.96.